The van der Waals surface area contributed by atoms with Crippen molar-refractivity contribution in [3.8, 4) is 0 Å². The first kappa shape index (κ1) is 12.7. The average molecular weight is 198 g/mol. The first-order chi connectivity index (χ1) is 6.24. The van der Waals surface area contributed by atoms with Gasteiger partial charge in [-0.05, 0) is 12.8 Å². The van der Waals surface area contributed by atoms with Crippen molar-refractivity contribution in [3.05, 3.63) is 25.3 Å². The molecule has 0 radical (unpaired) electrons. The van der Waals surface area contributed by atoms with Gasteiger partial charge in [0, 0.05) is 12.0 Å². The van der Waals surface area contributed by atoms with E-state index < -0.39 is 0 Å². The third-order valence-corrected chi connectivity index (χ3v) is 2.99. The Kier molecular flexibility index (Phi) is 6.91. The quantitative estimate of drug-likeness (QED) is 0.429. The average Bonchev–Trinajstić information content (AvgIpc) is 2.20. The molecule has 0 aromatic heterocycles. The fourth-order valence-electron chi connectivity index (χ4n) is 1.41. The van der Waals surface area contributed by atoms with Crippen LogP contribution in [-0.4, -0.2) is 17.1 Å². The summed E-state index contributed by atoms with van der Waals surface area (Å²) in [6.45, 7) is 10.8. The van der Waals surface area contributed by atoms with Crippen LogP contribution >= 0.6 is 0 Å². The van der Waals surface area contributed by atoms with Crippen LogP contribution in [0.2, 0.25) is 0 Å². The fraction of sp³-hybridized carbons (Fsp3) is 0.636. The molecule has 0 amide bonds. The van der Waals surface area contributed by atoms with E-state index in [2.05, 4.69) is 20.1 Å². The minimum atomic E-state index is 0.112. The molecule has 13 heavy (non-hydrogen) atoms. The standard InChI is InChI=1S/C11H22OSi/c1-4-7-8-11(5-2,6-3)9-10-12-13/h5-6H,2-4,7-10H2,1,13H3. The summed E-state index contributed by atoms with van der Waals surface area (Å²) in [6.07, 6.45) is 8.70. The zero-order valence-electron chi connectivity index (χ0n) is 9.01. The molecular formula is C11H22OSi. The van der Waals surface area contributed by atoms with E-state index in [0.717, 1.165) is 29.9 Å². The number of unbranched alkanes of at least 4 members (excludes halogenated alkanes) is 1. The van der Waals surface area contributed by atoms with E-state index in [1.807, 2.05) is 12.2 Å². The van der Waals surface area contributed by atoms with Gasteiger partial charge in [0.25, 0.3) is 0 Å². The molecule has 0 unspecified atom stereocenters. The topological polar surface area (TPSA) is 9.23 Å². The van der Waals surface area contributed by atoms with Crippen LogP contribution in [0.1, 0.15) is 32.6 Å². The first-order valence-electron chi connectivity index (χ1n) is 5.00. The van der Waals surface area contributed by atoms with Gasteiger partial charge in [0.15, 0.2) is 0 Å². The van der Waals surface area contributed by atoms with Crippen LogP contribution in [-0.2, 0) is 4.43 Å². The van der Waals surface area contributed by atoms with E-state index in [1.165, 1.54) is 12.8 Å². The van der Waals surface area contributed by atoms with Gasteiger partial charge in [0.2, 0.25) is 0 Å². The molecule has 0 aliphatic carbocycles. The van der Waals surface area contributed by atoms with E-state index in [4.69, 9.17) is 4.43 Å². The third-order valence-electron chi connectivity index (χ3n) is 2.58. The Labute approximate surface area is 85.4 Å². The summed E-state index contributed by atoms with van der Waals surface area (Å²) in [6, 6.07) is 0. The Morgan fingerprint density at radius 2 is 1.92 bits per heavy atom. The first-order valence-corrected chi connectivity index (χ1v) is 5.82. The molecule has 0 bridgehead atoms. The van der Waals surface area contributed by atoms with Crippen molar-refractivity contribution in [2.45, 2.75) is 32.6 Å². The third kappa shape index (κ3) is 4.43. The molecule has 0 fully saturated rings. The molecule has 0 heterocycles. The van der Waals surface area contributed by atoms with Gasteiger partial charge in [-0.1, -0.05) is 31.9 Å². The molecule has 0 N–H and O–H groups in total. The van der Waals surface area contributed by atoms with Crippen molar-refractivity contribution in [3.63, 3.8) is 0 Å². The summed E-state index contributed by atoms with van der Waals surface area (Å²) in [7, 11) is 0.824. The molecule has 0 atom stereocenters. The molecular weight excluding hydrogens is 176 g/mol. The number of hydrogen-bond donors (Lipinski definition) is 0. The Morgan fingerprint density at radius 1 is 1.31 bits per heavy atom. The Bertz CT molecular complexity index is 136. The number of hydrogen-bond acceptors (Lipinski definition) is 1. The van der Waals surface area contributed by atoms with Crippen LogP contribution in [0, 0.1) is 5.41 Å². The van der Waals surface area contributed by atoms with Crippen molar-refractivity contribution in [1.82, 2.24) is 0 Å². The lowest BCUT2D eigenvalue weighted by Crippen LogP contribution is -2.17. The highest BCUT2D eigenvalue weighted by Gasteiger charge is 2.20. The Morgan fingerprint density at radius 3 is 2.31 bits per heavy atom. The second kappa shape index (κ2) is 7.10. The van der Waals surface area contributed by atoms with Crippen molar-refractivity contribution in [2.24, 2.45) is 5.41 Å². The van der Waals surface area contributed by atoms with E-state index in [9.17, 15) is 0 Å². The van der Waals surface area contributed by atoms with Gasteiger partial charge in [-0.3, -0.25) is 0 Å². The minimum Gasteiger partial charge on any atom is -0.428 e. The normalized spacial score (nSPS) is 11.5. The van der Waals surface area contributed by atoms with Crippen molar-refractivity contribution >= 4 is 10.5 Å². The summed E-state index contributed by atoms with van der Waals surface area (Å²) in [5.74, 6) is 0. The maximum absolute atomic E-state index is 5.22. The predicted octanol–water partition coefficient (Wildman–Crippen LogP) is 2.22. The van der Waals surface area contributed by atoms with Crippen LogP contribution in [0.4, 0.5) is 0 Å². The lowest BCUT2D eigenvalue weighted by atomic mass is 9.80. The summed E-state index contributed by atoms with van der Waals surface area (Å²) < 4.78 is 5.22. The Balaban J connectivity index is 4.13. The molecule has 0 saturated heterocycles. The summed E-state index contributed by atoms with van der Waals surface area (Å²) in [4.78, 5) is 0. The van der Waals surface area contributed by atoms with E-state index in [1.54, 1.807) is 0 Å². The van der Waals surface area contributed by atoms with Crippen molar-refractivity contribution in [2.75, 3.05) is 6.61 Å². The zero-order valence-corrected chi connectivity index (χ0v) is 11.0. The fourth-order valence-corrected chi connectivity index (χ4v) is 1.62. The maximum atomic E-state index is 5.22. The lowest BCUT2D eigenvalue weighted by Gasteiger charge is -2.26. The SMILES string of the molecule is C=CC(C=C)(CCCC)CCO[SiH3]. The van der Waals surface area contributed by atoms with Crippen molar-refractivity contribution < 1.29 is 4.43 Å². The van der Waals surface area contributed by atoms with E-state index in [0.29, 0.717) is 0 Å². The van der Waals surface area contributed by atoms with Crippen LogP contribution in [0.5, 0.6) is 0 Å². The highest BCUT2D eigenvalue weighted by atomic mass is 28.2. The van der Waals surface area contributed by atoms with Gasteiger partial charge in [-0.2, -0.15) is 0 Å². The Hall–Kier alpha value is -0.343. The highest BCUT2D eigenvalue weighted by Crippen LogP contribution is 2.31. The van der Waals surface area contributed by atoms with E-state index >= 15 is 0 Å². The molecule has 0 aromatic rings. The molecule has 0 aliphatic rings. The van der Waals surface area contributed by atoms with Gasteiger partial charge in [0.05, 0.1) is 0 Å². The molecule has 0 spiro atoms. The zero-order chi connectivity index (χ0) is 10.2. The minimum absolute atomic E-state index is 0.112. The summed E-state index contributed by atoms with van der Waals surface area (Å²) in [5.41, 5.74) is 0.112. The van der Waals surface area contributed by atoms with Crippen LogP contribution in [0.25, 0.3) is 0 Å². The number of allylic oxidation sites excluding steroid dienone is 2. The lowest BCUT2D eigenvalue weighted by molar-refractivity contribution is 0.273. The summed E-state index contributed by atoms with van der Waals surface area (Å²) >= 11 is 0. The maximum Gasteiger partial charge on any atom is 0.145 e. The van der Waals surface area contributed by atoms with E-state index in [-0.39, 0.29) is 5.41 Å². The van der Waals surface area contributed by atoms with Crippen LogP contribution in [0.15, 0.2) is 25.3 Å². The van der Waals surface area contributed by atoms with Crippen molar-refractivity contribution in [1.29, 1.82) is 0 Å². The molecule has 0 rings (SSSR count). The molecule has 0 aliphatic heterocycles. The monoisotopic (exact) mass is 198 g/mol. The van der Waals surface area contributed by atoms with Gasteiger partial charge in [-0.25, -0.2) is 0 Å². The smallest absolute Gasteiger partial charge is 0.145 e. The predicted molar refractivity (Wildman–Crippen MR) is 62.9 cm³/mol. The second-order valence-electron chi connectivity index (χ2n) is 3.49. The van der Waals surface area contributed by atoms with Gasteiger partial charge in [0.1, 0.15) is 10.5 Å². The van der Waals surface area contributed by atoms with Gasteiger partial charge < -0.3 is 4.43 Å². The largest absolute Gasteiger partial charge is 0.428 e. The molecule has 1 nitrogen and oxygen atoms in total. The van der Waals surface area contributed by atoms with Gasteiger partial charge >= 0.3 is 0 Å². The van der Waals surface area contributed by atoms with Gasteiger partial charge in [-0.15, -0.1) is 13.2 Å². The molecule has 0 aromatic carbocycles. The van der Waals surface area contributed by atoms with Crippen LogP contribution in [0.3, 0.4) is 0 Å². The summed E-state index contributed by atoms with van der Waals surface area (Å²) in [5, 5.41) is 0. The molecule has 2 heteroatoms. The highest BCUT2D eigenvalue weighted by molar-refractivity contribution is 5.97. The molecule has 76 valence electrons. The second-order valence-corrected chi connectivity index (χ2v) is 4.07. The molecule has 0 saturated carbocycles. The number of rotatable bonds is 8. The van der Waals surface area contributed by atoms with Crippen LogP contribution < -0.4 is 0 Å².